The van der Waals surface area contributed by atoms with Crippen LogP contribution in [-0.4, -0.2) is 80.8 Å². The van der Waals surface area contributed by atoms with Crippen molar-refractivity contribution in [1.82, 2.24) is 25.2 Å². The van der Waals surface area contributed by atoms with E-state index in [2.05, 4.69) is 20.2 Å². The molecule has 14 heteroatoms. The molecule has 3 N–H and O–H groups in total. The Balaban J connectivity index is 0.00000423. The molecule has 5 rings (SSSR count). The van der Waals surface area contributed by atoms with Gasteiger partial charge < -0.3 is 25.2 Å². The molecule has 2 fully saturated rings. The van der Waals surface area contributed by atoms with Gasteiger partial charge in [0.15, 0.2) is 5.75 Å². The van der Waals surface area contributed by atoms with Crippen molar-refractivity contribution >= 4 is 53.4 Å². The summed E-state index contributed by atoms with van der Waals surface area (Å²) in [4.78, 5) is 40.5. The van der Waals surface area contributed by atoms with Crippen LogP contribution in [0.2, 0.25) is 10.0 Å². The number of aromatic nitrogens is 3. The van der Waals surface area contributed by atoms with Crippen molar-refractivity contribution in [3.8, 4) is 22.9 Å². The summed E-state index contributed by atoms with van der Waals surface area (Å²) in [6.07, 6.45) is 5.79. The molecule has 43 heavy (non-hydrogen) atoms. The number of rotatable bonds is 10. The number of carbonyl (C=O) groups is 2. The fraction of sp³-hybridized carbons (Fsp3) is 0.414. The van der Waals surface area contributed by atoms with E-state index in [0.29, 0.717) is 53.0 Å². The van der Waals surface area contributed by atoms with E-state index in [4.69, 9.17) is 43.1 Å². The highest BCUT2D eigenvalue weighted by atomic mass is 35.5. The smallest absolute Gasteiger partial charge is 0.303 e. The number of benzene rings is 1. The lowest BCUT2D eigenvalue weighted by atomic mass is 9.93. The Morgan fingerprint density at radius 1 is 1.00 bits per heavy atom. The zero-order chi connectivity index (χ0) is 29.6. The molecule has 0 radical (unpaired) electrons. The van der Waals surface area contributed by atoms with Crippen LogP contribution in [0, 0.1) is 5.92 Å². The number of amides is 1. The minimum Gasteiger partial charge on any atom is -0.481 e. The number of hydrogen-bond acceptors (Lipinski definition) is 9. The molecule has 2 aromatic heterocycles. The first-order chi connectivity index (χ1) is 20.2. The van der Waals surface area contributed by atoms with Crippen LogP contribution in [-0.2, 0) is 16.1 Å². The monoisotopic (exact) mass is 650 g/mol. The highest BCUT2D eigenvalue weighted by Crippen LogP contribution is 2.31. The molecule has 1 unspecified atom stereocenters. The number of carbonyl (C=O) groups excluding carboxylic acids is 1. The molecule has 4 heterocycles. The zero-order valence-electron chi connectivity index (χ0n) is 23.3. The number of ether oxygens (including phenoxy) is 1. The van der Waals surface area contributed by atoms with Crippen molar-refractivity contribution in [2.24, 2.45) is 5.92 Å². The fourth-order valence-electron chi connectivity index (χ4n) is 5.39. The van der Waals surface area contributed by atoms with Gasteiger partial charge in [-0.2, -0.15) is 0 Å². The van der Waals surface area contributed by atoms with Gasteiger partial charge in [0, 0.05) is 53.8 Å². The Hall–Kier alpha value is -3.22. The maximum absolute atomic E-state index is 11.5. The second-order valence-electron chi connectivity index (χ2n) is 10.7. The normalized spacial score (nSPS) is 17.4. The van der Waals surface area contributed by atoms with Crippen molar-refractivity contribution in [2.45, 2.75) is 38.3 Å². The van der Waals surface area contributed by atoms with Gasteiger partial charge in [-0.1, -0.05) is 23.2 Å². The average Bonchev–Trinajstić information content (AvgIpc) is 3.42. The second-order valence-corrected chi connectivity index (χ2v) is 11.5. The first-order valence-electron chi connectivity index (χ1n) is 13.8. The minimum absolute atomic E-state index is 0. The summed E-state index contributed by atoms with van der Waals surface area (Å²) in [5, 5.41) is 21.9. The van der Waals surface area contributed by atoms with Crippen molar-refractivity contribution < 1.29 is 24.5 Å². The minimum atomic E-state index is -0.748. The van der Waals surface area contributed by atoms with Gasteiger partial charge in [0.25, 0.3) is 0 Å². The van der Waals surface area contributed by atoms with Crippen molar-refractivity contribution in [3.05, 3.63) is 58.3 Å². The number of pyridine rings is 1. The third-order valence-corrected chi connectivity index (χ3v) is 7.85. The van der Waals surface area contributed by atoms with Gasteiger partial charge in [-0.15, -0.1) is 12.4 Å². The lowest BCUT2D eigenvalue weighted by molar-refractivity contribution is -0.138. The van der Waals surface area contributed by atoms with Gasteiger partial charge in [-0.05, 0) is 68.1 Å². The number of aliphatic hydroxyl groups excluding tert-OH is 1. The predicted octanol–water partition coefficient (Wildman–Crippen LogP) is 4.43. The molecule has 2 aliphatic heterocycles. The number of carboxylic acid groups (broad SMARTS) is 1. The number of nitrogens with one attached hydrogen (secondary N) is 1. The van der Waals surface area contributed by atoms with E-state index in [1.165, 1.54) is 0 Å². The third kappa shape index (κ3) is 9.14. The summed E-state index contributed by atoms with van der Waals surface area (Å²) in [7, 11) is 0. The number of carboxylic acids is 1. The first-order valence-corrected chi connectivity index (χ1v) is 14.6. The first kappa shape index (κ1) is 32.7. The quantitative estimate of drug-likeness (QED) is 0.288. The Bertz CT molecular complexity index is 1400. The molecule has 0 spiro atoms. The van der Waals surface area contributed by atoms with Crippen LogP contribution in [0.15, 0.2) is 42.7 Å². The van der Waals surface area contributed by atoms with E-state index < -0.39 is 18.5 Å². The highest BCUT2D eigenvalue weighted by molar-refractivity contribution is 6.35. The maximum atomic E-state index is 11.5. The summed E-state index contributed by atoms with van der Waals surface area (Å²) in [6.45, 7) is 2.97. The van der Waals surface area contributed by atoms with Crippen LogP contribution in [0.4, 0.5) is 5.95 Å². The number of halogens is 3. The van der Waals surface area contributed by atoms with E-state index in [1.54, 1.807) is 30.6 Å². The van der Waals surface area contributed by atoms with E-state index >= 15 is 0 Å². The number of nitrogens with zero attached hydrogens (tertiary/aromatic N) is 5. The number of aliphatic carboxylic acids is 1. The molecule has 1 amide bonds. The summed E-state index contributed by atoms with van der Waals surface area (Å²) in [6, 6.07) is 9.05. The van der Waals surface area contributed by atoms with Crippen molar-refractivity contribution in [2.75, 3.05) is 37.7 Å². The van der Waals surface area contributed by atoms with Crippen molar-refractivity contribution in [3.63, 3.8) is 0 Å². The van der Waals surface area contributed by atoms with E-state index in [-0.39, 0.29) is 30.8 Å². The van der Waals surface area contributed by atoms with E-state index in [9.17, 15) is 9.59 Å². The molecule has 3 aromatic rings. The number of anilines is 1. The van der Waals surface area contributed by atoms with Gasteiger partial charge in [-0.3, -0.25) is 14.5 Å². The van der Waals surface area contributed by atoms with Crippen molar-refractivity contribution in [1.29, 1.82) is 0 Å². The van der Waals surface area contributed by atoms with Gasteiger partial charge in [-0.25, -0.2) is 15.0 Å². The Morgan fingerprint density at radius 3 is 2.35 bits per heavy atom. The zero-order valence-corrected chi connectivity index (χ0v) is 25.6. The SMILES string of the molecule is Cl.O=C(O)CC1CCN(Cc2cc(Oc3cnc(N4CCC(NC(=O)CO)C4)nc3)nc(-c3cc(Cl)cc(Cl)c3)c2)CC1. The average molecular weight is 652 g/mol. The molecule has 11 nitrogen and oxygen atoms in total. The molecule has 1 atom stereocenters. The molecule has 230 valence electrons. The van der Waals surface area contributed by atoms with Gasteiger partial charge in [0.2, 0.25) is 17.7 Å². The molecular weight excluding hydrogens is 619 g/mol. The summed E-state index contributed by atoms with van der Waals surface area (Å²) < 4.78 is 6.11. The van der Waals surface area contributed by atoms with Crippen LogP contribution in [0.25, 0.3) is 11.3 Å². The highest BCUT2D eigenvalue weighted by Gasteiger charge is 2.26. The number of likely N-dealkylation sites (tertiary alicyclic amines) is 1. The topological polar surface area (TPSA) is 141 Å². The van der Waals surface area contributed by atoms with Gasteiger partial charge >= 0.3 is 5.97 Å². The largest absolute Gasteiger partial charge is 0.481 e. The van der Waals surface area contributed by atoms with Gasteiger partial charge in [0.05, 0.1) is 18.1 Å². The molecule has 2 saturated heterocycles. The fourth-order valence-corrected chi connectivity index (χ4v) is 5.91. The van der Waals surface area contributed by atoms with Crippen LogP contribution in [0.5, 0.6) is 11.6 Å². The van der Waals surface area contributed by atoms with Crippen LogP contribution in [0.3, 0.4) is 0 Å². The van der Waals surface area contributed by atoms with E-state index in [1.807, 2.05) is 17.0 Å². The third-order valence-electron chi connectivity index (χ3n) is 7.41. The Kier molecular flexibility index (Phi) is 11.4. The summed E-state index contributed by atoms with van der Waals surface area (Å²) in [5.41, 5.74) is 2.38. The lowest BCUT2D eigenvalue weighted by Gasteiger charge is -2.31. The standard InChI is InChI=1S/C29H32Cl2N6O5.ClH/c30-21-10-20(11-22(31)12-21)25-7-19(15-36-4-1-18(2-5-36)9-28(40)41)8-27(35-25)42-24-13-32-29(33-14-24)37-6-3-23(16-37)34-26(39)17-38;/h7-8,10-14,18,23,38H,1-6,9,15-17H2,(H,34,39)(H,40,41);1H. The number of hydrogen-bond donors (Lipinski definition) is 3. The summed E-state index contributed by atoms with van der Waals surface area (Å²) in [5.74, 6) is 0.352. The van der Waals surface area contributed by atoms with E-state index in [0.717, 1.165) is 43.5 Å². The number of piperidine rings is 1. The maximum Gasteiger partial charge on any atom is 0.303 e. The predicted molar refractivity (Wildman–Crippen MR) is 165 cm³/mol. The molecule has 1 aromatic carbocycles. The molecule has 0 saturated carbocycles. The molecular formula is C29H33Cl3N6O5. The Labute approximate surface area is 265 Å². The molecule has 2 aliphatic rings. The molecule has 0 aliphatic carbocycles. The Morgan fingerprint density at radius 2 is 1.70 bits per heavy atom. The van der Waals surface area contributed by atoms with Crippen LogP contribution < -0.4 is 15.0 Å². The summed E-state index contributed by atoms with van der Waals surface area (Å²) >= 11 is 12.6. The number of aliphatic hydroxyl groups is 1. The van der Waals surface area contributed by atoms with Crippen LogP contribution >= 0.6 is 35.6 Å². The second kappa shape index (κ2) is 15.0. The van der Waals surface area contributed by atoms with Gasteiger partial charge in [0.1, 0.15) is 6.61 Å². The lowest BCUT2D eigenvalue weighted by Crippen LogP contribution is -2.38. The van der Waals surface area contributed by atoms with Crippen LogP contribution in [0.1, 0.15) is 31.2 Å². The molecule has 0 bridgehead atoms.